The van der Waals surface area contributed by atoms with E-state index >= 15 is 0 Å². The van der Waals surface area contributed by atoms with E-state index in [9.17, 15) is 24.3 Å². The topological polar surface area (TPSA) is 135 Å². The molecular weight excluding hydrogens is 694 g/mol. The first-order valence-electron chi connectivity index (χ1n) is 16.5. The minimum atomic E-state index is -1.38. The zero-order valence-electron chi connectivity index (χ0n) is 28.0. The third-order valence-electron chi connectivity index (χ3n) is 9.72. The van der Waals surface area contributed by atoms with E-state index in [0.717, 1.165) is 0 Å². The molecule has 11 nitrogen and oxygen atoms in total. The van der Waals surface area contributed by atoms with Crippen molar-refractivity contribution < 1.29 is 38.5 Å². The number of halogens is 1. The van der Waals surface area contributed by atoms with Crippen LogP contribution in [0.3, 0.4) is 0 Å². The van der Waals surface area contributed by atoms with Gasteiger partial charge in [0.2, 0.25) is 11.8 Å². The lowest BCUT2D eigenvalue weighted by Crippen LogP contribution is -2.58. The Morgan fingerprint density at radius 1 is 1.14 bits per heavy atom. The Morgan fingerprint density at radius 2 is 1.84 bits per heavy atom. The zero-order chi connectivity index (χ0) is 35.5. The Bertz CT molecular complexity index is 1550. The van der Waals surface area contributed by atoms with E-state index in [2.05, 4.69) is 34.4 Å². The van der Waals surface area contributed by atoms with Crippen molar-refractivity contribution in [3.63, 3.8) is 0 Å². The first-order chi connectivity index (χ1) is 23.5. The summed E-state index contributed by atoms with van der Waals surface area (Å²) in [5, 5.41) is 13.2. The number of aliphatic hydroxyl groups is 1. The highest BCUT2D eigenvalue weighted by molar-refractivity contribution is 9.09. The van der Waals surface area contributed by atoms with Crippen LogP contribution in [0.2, 0.25) is 0 Å². The Kier molecular flexibility index (Phi) is 11.3. The number of hydrogen-bond acceptors (Lipinski definition) is 8. The number of esters is 1. The SMILES string of the molecule is C=CCCC(=O)N[C@H](C)[C@@H](OC(=O)[C@@H]1[C@H]2O[C@@]3(CC2Br)[C@H](C(=O)N(CC=C)c2ccc(OC)cc2)N([C@H](C)CO)C(=O)[C@@H]13)c1ccccc1. The lowest BCUT2D eigenvalue weighted by molar-refractivity contribution is -0.162. The number of carbonyl (C=O) groups is 4. The number of anilines is 1. The molecule has 262 valence electrons. The van der Waals surface area contributed by atoms with Crippen molar-refractivity contribution in [3.8, 4) is 5.75 Å². The summed E-state index contributed by atoms with van der Waals surface area (Å²) >= 11 is 3.70. The van der Waals surface area contributed by atoms with Crippen molar-refractivity contribution in [1.82, 2.24) is 10.2 Å². The van der Waals surface area contributed by atoms with Crippen LogP contribution in [-0.2, 0) is 28.7 Å². The fraction of sp³-hybridized carbons (Fsp3) is 0.459. The molecular formula is C37H44BrN3O8. The monoisotopic (exact) mass is 737 g/mol. The summed E-state index contributed by atoms with van der Waals surface area (Å²) in [7, 11) is 1.55. The van der Waals surface area contributed by atoms with Gasteiger partial charge in [-0.25, -0.2) is 0 Å². The van der Waals surface area contributed by atoms with Gasteiger partial charge in [-0.1, -0.05) is 58.4 Å². The summed E-state index contributed by atoms with van der Waals surface area (Å²) < 4.78 is 18.2. The molecule has 3 aliphatic rings. The number of fused-ring (bicyclic) bond motifs is 1. The van der Waals surface area contributed by atoms with E-state index in [1.807, 2.05) is 30.3 Å². The van der Waals surface area contributed by atoms with Crippen LogP contribution < -0.4 is 15.0 Å². The van der Waals surface area contributed by atoms with Crippen LogP contribution in [0.4, 0.5) is 5.69 Å². The Morgan fingerprint density at radius 3 is 2.45 bits per heavy atom. The molecule has 2 aromatic carbocycles. The summed E-state index contributed by atoms with van der Waals surface area (Å²) in [6.07, 6.45) is 2.64. The van der Waals surface area contributed by atoms with Crippen LogP contribution in [-0.4, -0.2) is 88.6 Å². The van der Waals surface area contributed by atoms with E-state index in [4.69, 9.17) is 14.2 Å². The van der Waals surface area contributed by atoms with E-state index in [1.54, 1.807) is 57.4 Å². The van der Waals surface area contributed by atoms with Crippen LogP contribution >= 0.6 is 15.9 Å². The molecule has 3 aliphatic heterocycles. The predicted octanol–water partition coefficient (Wildman–Crippen LogP) is 4.10. The highest BCUT2D eigenvalue weighted by Crippen LogP contribution is 2.61. The van der Waals surface area contributed by atoms with Gasteiger partial charge in [0.25, 0.3) is 5.91 Å². The highest BCUT2D eigenvalue weighted by atomic mass is 79.9. The quantitative estimate of drug-likeness (QED) is 0.159. The van der Waals surface area contributed by atoms with Gasteiger partial charge in [-0.05, 0) is 56.5 Å². The lowest BCUT2D eigenvalue weighted by atomic mass is 9.70. The van der Waals surface area contributed by atoms with Gasteiger partial charge in [0.15, 0.2) is 0 Å². The number of hydrogen-bond donors (Lipinski definition) is 2. The average Bonchev–Trinajstić information content (AvgIpc) is 3.71. The van der Waals surface area contributed by atoms with E-state index in [-0.39, 0.29) is 30.1 Å². The molecule has 49 heavy (non-hydrogen) atoms. The largest absolute Gasteiger partial charge is 0.497 e. The highest BCUT2D eigenvalue weighted by Gasteiger charge is 2.77. The van der Waals surface area contributed by atoms with Gasteiger partial charge in [0.05, 0.1) is 43.7 Å². The van der Waals surface area contributed by atoms with Crippen LogP contribution in [0.1, 0.15) is 44.8 Å². The molecule has 9 atom stereocenters. The summed E-state index contributed by atoms with van der Waals surface area (Å²) in [6, 6.07) is 13.5. The van der Waals surface area contributed by atoms with Gasteiger partial charge in [0.1, 0.15) is 23.5 Å². The average molecular weight is 739 g/mol. The number of carbonyl (C=O) groups excluding carboxylic acids is 4. The number of likely N-dealkylation sites (tertiary alicyclic amines) is 1. The van der Waals surface area contributed by atoms with Crippen molar-refractivity contribution in [2.75, 3.05) is 25.2 Å². The first kappa shape index (κ1) is 36.3. The lowest BCUT2D eigenvalue weighted by Gasteiger charge is -2.38. The second-order valence-electron chi connectivity index (χ2n) is 12.8. The molecule has 2 aromatic rings. The van der Waals surface area contributed by atoms with E-state index in [1.165, 1.54) is 9.80 Å². The number of rotatable bonds is 15. The number of methoxy groups -OCH3 is 1. The van der Waals surface area contributed by atoms with Gasteiger partial charge in [-0.3, -0.25) is 19.2 Å². The number of benzene rings is 2. The molecule has 3 saturated heterocycles. The summed E-state index contributed by atoms with van der Waals surface area (Å²) in [4.78, 5) is 58.7. The fourth-order valence-electron chi connectivity index (χ4n) is 7.48. The molecule has 2 bridgehead atoms. The number of alkyl halides is 1. The standard InChI is InChI=1S/C37H44BrN3O8/c1-6-8-14-28(43)39-23(4)31(24-12-10-9-11-13-24)48-36(46)29-30-34(44)41(22(3)21-42)33(37(30)20-27(38)32(29)49-37)35(45)40(19-7-2)25-15-17-26(47-5)18-16-25/h6-7,9-13,15-18,22-23,27,29-33,42H,1-2,8,14,19-21H2,3-5H3,(H,39,43)/t22-,23-,27?,29+,30-,31-,32+,33+,37-/m1/s1. The van der Waals surface area contributed by atoms with Crippen LogP contribution in [0, 0.1) is 11.8 Å². The van der Waals surface area contributed by atoms with E-state index in [0.29, 0.717) is 23.4 Å². The molecule has 3 heterocycles. The smallest absolute Gasteiger partial charge is 0.313 e. The Hall–Kier alpha value is -4.00. The first-order valence-corrected chi connectivity index (χ1v) is 17.4. The molecule has 1 spiro atoms. The van der Waals surface area contributed by atoms with Crippen LogP contribution in [0.15, 0.2) is 79.9 Å². The Balaban J connectivity index is 1.50. The van der Waals surface area contributed by atoms with Crippen molar-refractivity contribution >= 4 is 45.3 Å². The number of nitrogens with one attached hydrogen (secondary N) is 1. The van der Waals surface area contributed by atoms with Crippen molar-refractivity contribution in [3.05, 3.63) is 85.5 Å². The predicted molar refractivity (Wildman–Crippen MR) is 187 cm³/mol. The molecule has 3 amide bonds. The molecule has 0 aliphatic carbocycles. The number of amides is 3. The molecule has 12 heteroatoms. The normalized spacial score (nSPS) is 27.1. The van der Waals surface area contributed by atoms with E-state index < -0.39 is 72.2 Å². The number of allylic oxidation sites excluding steroid dienone is 1. The third kappa shape index (κ3) is 6.78. The second-order valence-corrected chi connectivity index (χ2v) is 14.0. The van der Waals surface area contributed by atoms with Crippen molar-refractivity contribution in [1.29, 1.82) is 0 Å². The van der Waals surface area contributed by atoms with Gasteiger partial charge < -0.3 is 34.4 Å². The maximum Gasteiger partial charge on any atom is 0.313 e. The maximum atomic E-state index is 14.7. The summed E-state index contributed by atoms with van der Waals surface area (Å²) in [6.45, 7) is 10.7. The molecule has 2 N–H and O–H groups in total. The fourth-order valence-corrected chi connectivity index (χ4v) is 8.42. The minimum absolute atomic E-state index is 0.139. The van der Waals surface area contributed by atoms with Gasteiger partial charge >= 0.3 is 5.97 Å². The van der Waals surface area contributed by atoms with Gasteiger partial charge in [-0.2, -0.15) is 0 Å². The summed E-state index contributed by atoms with van der Waals surface area (Å²) in [5.74, 6) is -3.25. The molecule has 0 aromatic heterocycles. The van der Waals surface area contributed by atoms with Crippen molar-refractivity contribution in [2.24, 2.45) is 11.8 Å². The summed E-state index contributed by atoms with van der Waals surface area (Å²) in [5.41, 5.74) is -0.149. The number of aliphatic hydroxyl groups excluding tert-OH is 1. The molecule has 5 rings (SSSR count). The molecule has 0 saturated carbocycles. The molecule has 3 fully saturated rings. The molecule has 0 radical (unpaired) electrons. The third-order valence-corrected chi connectivity index (χ3v) is 10.6. The van der Waals surface area contributed by atoms with Crippen molar-refractivity contribution in [2.45, 2.75) is 73.9 Å². The van der Waals surface area contributed by atoms with Gasteiger partial charge in [-0.15, -0.1) is 13.2 Å². The van der Waals surface area contributed by atoms with Gasteiger partial charge in [0, 0.05) is 23.5 Å². The maximum absolute atomic E-state index is 14.7. The van der Waals surface area contributed by atoms with Crippen LogP contribution in [0.5, 0.6) is 5.75 Å². The minimum Gasteiger partial charge on any atom is -0.497 e. The zero-order valence-corrected chi connectivity index (χ0v) is 29.6. The second kappa shape index (κ2) is 15.3. The number of nitrogens with zero attached hydrogens (tertiary/aromatic N) is 2. The number of ether oxygens (including phenoxy) is 3. The van der Waals surface area contributed by atoms with Crippen LogP contribution in [0.25, 0.3) is 0 Å². The Labute approximate surface area is 295 Å². The molecule has 1 unspecified atom stereocenters.